The summed E-state index contributed by atoms with van der Waals surface area (Å²) < 4.78 is 14.2. The van der Waals surface area contributed by atoms with Gasteiger partial charge in [-0.25, -0.2) is 4.39 Å². The predicted octanol–water partition coefficient (Wildman–Crippen LogP) is 3.45. The number of hydrogen-bond donors (Lipinski definition) is 1. The number of halogens is 1. The van der Waals surface area contributed by atoms with Crippen molar-refractivity contribution in [1.82, 2.24) is 10.3 Å². The third-order valence-corrected chi connectivity index (χ3v) is 3.41. The van der Waals surface area contributed by atoms with E-state index in [1.165, 1.54) is 12.8 Å². The van der Waals surface area contributed by atoms with Crippen LogP contribution in [-0.2, 0) is 6.54 Å². The number of hydrogen-bond acceptors (Lipinski definition) is 2. The molecule has 1 aromatic heterocycles. The highest BCUT2D eigenvalue weighted by Crippen LogP contribution is 2.24. The van der Waals surface area contributed by atoms with Gasteiger partial charge in [0.2, 0.25) is 0 Å². The van der Waals surface area contributed by atoms with Crippen LogP contribution in [-0.4, -0.2) is 11.0 Å². The lowest BCUT2D eigenvalue weighted by molar-refractivity contribution is 0.623. The van der Waals surface area contributed by atoms with Gasteiger partial charge in [0.05, 0.1) is 0 Å². The summed E-state index contributed by atoms with van der Waals surface area (Å²) in [6.07, 6.45) is 4.21. The van der Waals surface area contributed by atoms with E-state index in [1.807, 2.05) is 31.2 Å². The topological polar surface area (TPSA) is 24.9 Å². The first-order valence-corrected chi connectivity index (χ1v) is 6.67. The molecule has 0 unspecified atom stereocenters. The number of nitrogens with one attached hydrogen (secondary N) is 1. The molecule has 0 aliphatic heterocycles. The molecule has 98 valence electrons. The zero-order valence-electron chi connectivity index (χ0n) is 11.0. The number of rotatable bonds is 4. The molecular formula is C16H17FN2. The summed E-state index contributed by atoms with van der Waals surface area (Å²) in [6.45, 7) is 2.66. The van der Waals surface area contributed by atoms with Gasteiger partial charge in [0.25, 0.3) is 0 Å². The second-order valence-corrected chi connectivity index (χ2v) is 5.16. The highest BCUT2D eigenvalue weighted by atomic mass is 19.1. The molecule has 3 heteroatoms. The van der Waals surface area contributed by atoms with Crippen LogP contribution in [0.3, 0.4) is 0 Å². The molecule has 0 bridgehead atoms. The van der Waals surface area contributed by atoms with Crippen LogP contribution in [0.15, 0.2) is 36.5 Å². The molecule has 0 saturated heterocycles. The number of nitrogens with zero attached hydrogens (tertiary/aromatic N) is 1. The van der Waals surface area contributed by atoms with Gasteiger partial charge in [0.1, 0.15) is 5.82 Å². The van der Waals surface area contributed by atoms with Crippen LogP contribution in [0.25, 0.3) is 11.1 Å². The second-order valence-electron chi connectivity index (χ2n) is 5.16. The third kappa shape index (κ3) is 2.99. The van der Waals surface area contributed by atoms with Crippen molar-refractivity contribution < 1.29 is 4.39 Å². The zero-order valence-corrected chi connectivity index (χ0v) is 11.0. The van der Waals surface area contributed by atoms with Crippen LogP contribution in [0.2, 0.25) is 0 Å². The lowest BCUT2D eigenvalue weighted by Gasteiger charge is -2.08. The van der Waals surface area contributed by atoms with Crippen molar-refractivity contribution in [3.8, 4) is 11.1 Å². The van der Waals surface area contributed by atoms with Crippen molar-refractivity contribution in [2.75, 3.05) is 0 Å². The van der Waals surface area contributed by atoms with Crippen LogP contribution < -0.4 is 5.32 Å². The molecule has 0 spiro atoms. The Morgan fingerprint density at radius 2 is 2.11 bits per heavy atom. The minimum atomic E-state index is -0.166. The van der Waals surface area contributed by atoms with Gasteiger partial charge < -0.3 is 5.32 Å². The number of aryl methyl sites for hydroxylation is 1. The Labute approximate surface area is 112 Å². The van der Waals surface area contributed by atoms with E-state index in [-0.39, 0.29) is 5.82 Å². The Kier molecular flexibility index (Phi) is 3.30. The fourth-order valence-electron chi connectivity index (χ4n) is 2.17. The molecule has 1 heterocycles. The fourth-order valence-corrected chi connectivity index (χ4v) is 2.17. The van der Waals surface area contributed by atoms with Crippen LogP contribution >= 0.6 is 0 Å². The zero-order chi connectivity index (χ0) is 13.2. The molecule has 3 rings (SSSR count). The average molecular weight is 256 g/mol. The lowest BCUT2D eigenvalue weighted by Crippen LogP contribution is -2.15. The minimum absolute atomic E-state index is 0.166. The summed E-state index contributed by atoms with van der Waals surface area (Å²) in [7, 11) is 0. The first kappa shape index (κ1) is 12.3. The molecular weight excluding hydrogens is 239 g/mol. The number of benzene rings is 1. The van der Waals surface area contributed by atoms with Crippen molar-refractivity contribution in [3.63, 3.8) is 0 Å². The van der Waals surface area contributed by atoms with Gasteiger partial charge >= 0.3 is 0 Å². The molecule has 1 fully saturated rings. The van der Waals surface area contributed by atoms with Gasteiger partial charge in [-0.05, 0) is 49.1 Å². The number of aromatic nitrogens is 1. The molecule has 0 atom stereocenters. The number of pyridine rings is 1. The smallest absolute Gasteiger partial charge is 0.131 e. The van der Waals surface area contributed by atoms with E-state index in [0.29, 0.717) is 11.6 Å². The predicted molar refractivity (Wildman–Crippen MR) is 74.2 cm³/mol. The van der Waals surface area contributed by atoms with E-state index in [4.69, 9.17) is 0 Å². The molecule has 1 aromatic carbocycles. The molecule has 1 aliphatic carbocycles. The molecule has 19 heavy (non-hydrogen) atoms. The Morgan fingerprint density at radius 3 is 2.79 bits per heavy atom. The highest BCUT2D eigenvalue weighted by molar-refractivity contribution is 5.64. The summed E-state index contributed by atoms with van der Waals surface area (Å²) in [5.74, 6) is -0.166. The van der Waals surface area contributed by atoms with Gasteiger partial charge in [0, 0.05) is 30.0 Å². The van der Waals surface area contributed by atoms with Crippen molar-refractivity contribution in [1.29, 1.82) is 0 Å². The monoisotopic (exact) mass is 256 g/mol. The van der Waals surface area contributed by atoms with Crippen LogP contribution in [0.1, 0.15) is 24.1 Å². The average Bonchev–Trinajstić information content (AvgIpc) is 3.20. The maximum absolute atomic E-state index is 14.2. The summed E-state index contributed by atoms with van der Waals surface area (Å²) in [6, 6.07) is 9.86. The second kappa shape index (κ2) is 5.10. The Bertz CT molecular complexity index is 591. The van der Waals surface area contributed by atoms with E-state index >= 15 is 0 Å². The first-order chi connectivity index (χ1) is 9.22. The summed E-state index contributed by atoms with van der Waals surface area (Å²) >= 11 is 0. The highest BCUT2D eigenvalue weighted by Gasteiger charge is 2.20. The Balaban J connectivity index is 1.82. The van der Waals surface area contributed by atoms with Crippen molar-refractivity contribution in [3.05, 3.63) is 53.6 Å². The quantitative estimate of drug-likeness (QED) is 0.906. The van der Waals surface area contributed by atoms with Crippen LogP contribution in [0.5, 0.6) is 0 Å². The van der Waals surface area contributed by atoms with Crippen LogP contribution in [0.4, 0.5) is 4.39 Å². The molecule has 2 aromatic rings. The van der Waals surface area contributed by atoms with Crippen molar-refractivity contribution in [2.45, 2.75) is 32.4 Å². The van der Waals surface area contributed by atoms with E-state index in [2.05, 4.69) is 10.3 Å². The third-order valence-electron chi connectivity index (χ3n) is 3.41. The fraction of sp³-hybridized carbons (Fsp3) is 0.312. The van der Waals surface area contributed by atoms with Crippen molar-refractivity contribution in [2.24, 2.45) is 0 Å². The van der Waals surface area contributed by atoms with Gasteiger partial charge in [-0.15, -0.1) is 0 Å². The van der Waals surface area contributed by atoms with Gasteiger partial charge in [-0.1, -0.05) is 12.1 Å². The molecule has 1 saturated carbocycles. The van der Waals surface area contributed by atoms with E-state index < -0.39 is 0 Å². The minimum Gasteiger partial charge on any atom is -0.310 e. The summed E-state index contributed by atoms with van der Waals surface area (Å²) in [4.78, 5) is 4.14. The standard InChI is InChI=1S/C16H17FN2/c1-11-8-13(6-7-18-11)15-5-2-12(9-16(15)17)10-19-14-3-4-14/h2,5-9,14,19H,3-4,10H2,1H3. The van der Waals surface area contributed by atoms with Gasteiger partial charge in [0.15, 0.2) is 0 Å². The SMILES string of the molecule is Cc1cc(-c2ccc(CNC3CC3)cc2F)ccn1. The molecule has 2 nitrogen and oxygen atoms in total. The normalized spacial score (nSPS) is 14.6. The molecule has 1 N–H and O–H groups in total. The molecule has 1 aliphatic rings. The van der Waals surface area contributed by atoms with Crippen molar-refractivity contribution >= 4 is 0 Å². The van der Waals surface area contributed by atoms with E-state index in [0.717, 1.165) is 23.4 Å². The molecule has 0 amide bonds. The maximum atomic E-state index is 14.2. The molecule has 0 radical (unpaired) electrons. The van der Waals surface area contributed by atoms with Gasteiger partial charge in [-0.2, -0.15) is 0 Å². The lowest BCUT2D eigenvalue weighted by atomic mass is 10.0. The largest absolute Gasteiger partial charge is 0.310 e. The van der Waals surface area contributed by atoms with Gasteiger partial charge in [-0.3, -0.25) is 4.98 Å². The van der Waals surface area contributed by atoms with Crippen LogP contribution in [0, 0.1) is 12.7 Å². The van der Waals surface area contributed by atoms with E-state index in [1.54, 1.807) is 12.3 Å². The Morgan fingerprint density at radius 1 is 1.26 bits per heavy atom. The van der Waals surface area contributed by atoms with E-state index in [9.17, 15) is 4.39 Å². The summed E-state index contributed by atoms with van der Waals surface area (Å²) in [5, 5.41) is 3.39. The summed E-state index contributed by atoms with van der Waals surface area (Å²) in [5.41, 5.74) is 3.42. The first-order valence-electron chi connectivity index (χ1n) is 6.67. The Hall–Kier alpha value is -1.74. The maximum Gasteiger partial charge on any atom is 0.131 e.